The van der Waals surface area contributed by atoms with Gasteiger partial charge in [0, 0.05) is 47.5 Å². The Hall–Kier alpha value is -4.19. The fraction of sp³-hybridized carbons (Fsp3) is 0.179. The van der Waals surface area contributed by atoms with Crippen molar-refractivity contribution in [3.8, 4) is 5.75 Å². The normalized spacial score (nSPS) is 16.0. The Morgan fingerprint density at radius 3 is 2.76 bits per heavy atom. The summed E-state index contributed by atoms with van der Waals surface area (Å²) < 4.78 is 6.20. The standard InChI is InChI=1S/C28H26N4O2/c1-19(2)32(18-20-7-4-3-5-8-20)22-11-12-27-24(16-22)23-15-21(9-6-10-26(23)34-27)31-28(33)25-17-29-13-14-30-25/h3-17,19,26H,18H2,1-2H3,(H,31,33). The van der Waals surface area contributed by atoms with Crippen LogP contribution in [0.15, 0.2) is 97.1 Å². The lowest BCUT2D eigenvalue weighted by Crippen LogP contribution is -2.30. The second kappa shape index (κ2) is 9.35. The van der Waals surface area contributed by atoms with Crippen LogP contribution in [0.1, 0.15) is 35.5 Å². The Morgan fingerprint density at radius 2 is 2.00 bits per heavy atom. The fourth-order valence-electron chi connectivity index (χ4n) is 4.20. The van der Waals surface area contributed by atoms with Crippen molar-refractivity contribution in [1.82, 2.24) is 15.3 Å². The van der Waals surface area contributed by atoms with Crippen molar-refractivity contribution < 1.29 is 9.53 Å². The minimum Gasteiger partial charge on any atom is -0.481 e. The van der Waals surface area contributed by atoms with Crippen LogP contribution in [0.2, 0.25) is 0 Å². The summed E-state index contributed by atoms with van der Waals surface area (Å²) in [4.78, 5) is 23.0. The largest absolute Gasteiger partial charge is 0.481 e. The van der Waals surface area contributed by atoms with E-state index in [1.54, 1.807) is 6.20 Å². The van der Waals surface area contributed by atoms with Gasteiger partial charge in [-0.3, -0.25) is 9.78 Å². The molecule has 1 aromatic heterocycles. The molecule has 0 bridgehead atoms. The number of allylic oxidation sites excluding steroid dienone is 3. The maximum absolute atomic E-state index is 12.6. The van der Waals surface area contributed by atoms with E-state index in [1.807, 2.05) is 36.4 Å². The molecule has 2 heterocycles. The summed E-state index contributed by atoms with van der Waals surface area (Å²) in [6, 6.07) is 17.1. The summed E-state index contributed by atoms with van der Waals surface area (Å²) in [6.07, 6.45) is 12.0. The first-order chi connectivity index (χ1) is 16.6. The average Bonchev–Trinajstić information content (AvgIpc) is 3.07. The van der Waals surface area contributed by atoms with Gasteiger partial charge in [-0.2, -0.15) is 0 Å². The number of nitrogens with zero attached hydrogens (tertiary/aromatic N) is 3. The molecular weight excluding hydrogens is 424 g/mol. The molecular formula is C28H26N4O2. The first-order valence-electron chi connectivity index (χ1n) is 11.4. The van der Waals surface area contributed by atoms with Gasteiger partial charge in [0.25, 0.3) is 5.91 Å². The SMILES string of the molecule is CC(C)N(Cc1ccccc1)c1ccc2c(c1)C1=CC(NC(=O)c3cnccn3)=CC=CC1O2. The van der Waals surface area contributed by atoms with Crippen LogP contribution in [0.25, 0.3) is 5.57 Å². The molecule has 0 saturated carbocycles. The molecule has 0 fully saturated rings. The number of carbonyl (C=O) groups excluding carboxylic acids is 1. The maximum atomic E-state index is 12.6. The van der Waals surface area contributed by atoms with E-state index in [9.17, 15) is 4.79 Å². The van der Waals surface area contributed by atoms with Gasteiger partial charge in [-0.1, -0.05) is 36.4 Å². The Bertz CT molecular complexity index is 1280. The summed E-state index contributed by atoms with van der Waals surface area (Å²) in [5, 5.41) is 2.93. The minimum atomic E-state index is -0.301. The Labute approximate surface area is 199 Å². The molecule has 6 heteroatoms. The van der Waals surface area contributed by atoms with E-state index in [-0.39, 0.29) is 17.7 Å². The number of aromatic nitrogens is 2. The average molecular weight is 451 g/mol. The zero-order valence-electron chi connectivity index (χ0n) is 19.2. The highest BCUT2D eigenvalue weighted by atomic mass is 16.5. The topological polar surface area (TPSA) is 67.4 Å². The lowest BCUT2D eigenvalue weighted by Gasteiger charge is -2.29. The van der Waals surface area contributed by atoms with E-state index >= 15 is 0 Å². The van der Waals surface area contributed by atoms with Crippen molar-refractivity contribution in [3.63, 3.8) is 0 Å². The van der Waals surface area contributed by atoms with Gasteiger partial charge in [0.05, 0.1) is 6.20 Å². The van der Waals surface area contributed by atoms with Gasteiger partial charge in [-0.15, -0.1) is 0 Å². The molecule has 1 atom stereocenters. The molecule has 170 valence electrons. The molecule has 0 spiro atoms. The third-order valence-electron chi connectivity index (χ3n) is 5.91. The first-order valence-corrected chi connectivity index (χ1v) is 11.4. The highest BCUT2D eigenvalue weighted by Gasteiger charge is 2.29. The van der Waals surface area contributed by atoms with Gasteiger partial charge in [-0.25, -0.2) is 4.98 Å². The predicted molar refractivity (Wildman–Crippen MR) is 133 cm³/mol. The smallest absolute Gasteiger partial charge is 0.275 e. The predicted octanol–water partition coefficient (Wildman–Crippen LogP) is 4.92. The third-order valence-corrected chi connectivity index (χ3v) is 5.91. The summed E-state index contributed by atoms with van der Waals surface area (Å²) in [6.45, 7) is 5.22. The maximum Gasteiger partial charge on any atom is 0.275 e. The Kier molecular flexibility index (Phi) is 5.95. The third kappa shape index (κ3) is 4.48. The van der Waals surface area contributed by atoms with Crippen LogP contribution in [-0.2, 0) is 6.54 Å². The van der Waals surface area contributed by atoms with Crippen molar-refractivity contribution >= 4 is 17.2 Å². The number of anilines is 1. The highest BCUT2D eigenvalue weighted by molar-refractivity contribution is 5.94. The van der Waals surface area contributed by atoms with Crippen molar-refractivity contribution in [2.24, 2.45) is 0 Å². The van der Waals surface area contributed by atoms with E-state index in [1.165, 1.54) is 18.0 Å². The van der Waals surface area contributed by atoms with E-state index in [0.29, 0.717) is 11.7 Å². The van der Waals surface area contributed by atoms with Gasteiger partial charge in [0.1, 0.15) is 17.5 Å². The molecule has 3 aromatic rings. The number of amides is 1. The zero-order chi connectivity index (χ0) is 23.5. The molecule has 1 N–H and O–H groups in total. The zero-order valence-corrected chi connectivity index (χ0v) is 19.2. The molecule has 0 radical (unpaired) electrons. The molecule has 34 heavy (non-hydrogen) atoms. The number of benzene rings is 2. The molecule has 2 aromatic carbocycles. The van der Waals surface area contributed by atoms with Crippen molar-refractivity contribution in [1.29, 1.82) is 0 Å². The van der Waals surface area contributed by atoms with E-state index in [2.05, 4.69) is 70.4 Å². The van der Waals surface area contributed by atoms with Crippen LogP contribution < -0.4 is 15.0 Å². The highest BCUT2D eigenvalue weighted by Crippen LogP contribution is 2.42. The van der Waals surface area contributed by atoms with Gasteiger partial charge in [-0.05, 0) is 55.8 Å². The number of carbonyl (C=O) groups is 1. The first kappa shape index (κ1) is 21.6. The monoisotopic (exact) mass is 450 g/mol. The van der Waals surface area contributed by atoms with Crippen LogP contribution in [0.3, 0.4) is 0 Å². The van der Waals surface area contributed by atoms with Crippen molar-refractivity contribution in [3.05, 3.63) is 114 Å². The van der Waals surface area contributed by atoms with Gasteiger partial charge in [0.2, 0.25) is 0 Å². The lowest BCUT2D eigenvalue weighted by molar-refractivity contribution is 0.0962. The van der Waals surface area contributed by atoms with Gasteiger partial charge in [0.15, 0.2) is 0 Å². The van der Waals surface area contributed by atoms with Gasteiger partial charge >= 0.3 is 0 Å². The number of fused-ring (bicyclic) bond motifs is 3. The molecule has 1 amide bonds. The summed E-state index contributed by atoms with van der Waals surface area (Å²) in [7, 11) is 0. The number of hydrogen-bond acceptors (Lipinski definition) is 5. The summed E-state index contributed by atoms with van der Waals surface area (Å²) >= 11 is 0. The Balaban J connectivity index is 1.44. The molecule has 1 unspecified atom stereocenters. The molecule has 5 rings (SSSR count). The van der Waals surface area contributed by atoms with Crippen LogP contribution in [0.5, 0.6) is 5.75 Å². The van der Waals surface area contributed by atoms with E-state index in [0.717, 1.165) is 29.1 Å². The van der Waals surface area contributed by atoms with E-state index < -0.39 is 0 Å². The van der Waals surface area contributed by atoms with Gasteiger partial charge < -0.3 is 15.0 Å². The summed E-state index contributed by atoms with van der Waals surface area (Å²) in [5.41, 5.74) is 5.39. The van der Waals surface area contributed by atoms with Crippen LogP contribution in [0.4, 0.5) is 5.69 Å². The van der Waals surface area contributed by atoms with Crippen molar-refractivity contribution in [2.75, 3.05) is 4.90 Å². The number of nitrogens with one attached hydrogen (secondary N) is 1. The van der Waals surface area contributed by atoms with E-state index in [4.69, 9.17) is 4.74 Å². The second-order valence-corrected chi connectivity index (χ2v) is 8.58. The number of rotatable bonds is 6. The molecule has 1 aliphatic heterocycles. The lowest BCUT2D eigenvalue weighted by atomic mass is 10.0. The van der Waals surface area contributed by atoms with Crippen LogP contribution in [0, 0.1) is 0 Å². The quantitative estimate of drug-likeness (QED) is 0.577. The molecule has 1 aliphatic carbocycles. The fourth-order valence-corrected chi connectivity index (χ4v) is 4.20. The second-order valence-electron chi connectivity index (χ2n) is 8.58. The summed E-state index contributed by atoms with van der Waals surface area (Å²) in [5.74, 6) is 0.541. The number of hydrogen-bond donors (Lipinski definition) is 1. The number of ether oxygens (including phenoxy) is 1. The molecule has 0 saturated heterocycles. The van der Waals surface area contributed by atoms with Crippen molar-refractivity contribution in [2.45, 2.75) is 32.5 Å². The molecule has 6 nitrogen and oxygen atoms in total. The minimum absolute atomic E-state index is 0.200. The Morgan fingerprint density at radius 1 is 1.15 bits per heavy atom. The van der Waals surface area contributed by atoms with Crippen LogP contribution >= 0.6 is 0 Å². The van der Waals surface area contributed by atoms with Crippen LogP contribution in [-0.4, -0.2) is 28.0 Å². The molecule has 2 aliphatic rings.